The van der Waals surface area contributed by atoms with Gasteiger partial charge in [-0.25, -0.2) is 0 Å². The first kappa shape index (κ1) is 10.2. The summed E-state index contributed by atoms with van der Waals surface area (Å²) in [5, 5.41) is 0. The van der Waals surface area contributed by atoms with Gasteiger partial charge >= 0.3 is 0 Å². The van der Waals surface area contributed by atoms with Crippen molar-refractivity contribution in [2.24, 2.45) is 5.92 Å². The topological polar surface area (TPSA) is 26.3 Å². The van der Waals surface area contributed by atoms with E-state index in [4.69, 9.17) is 4.74 Å². The van der Waals surface area contributed by atoms with Crippen LogP contribution in [0, 0.1) is 5.92 Å². The molecule has 2 nitrogen and oxygen atoms in total. The van der Waals surface area contributed by atoms with Crippen molar-refractivity contribution in [3.8, 4) is 5.75 Å². The number of Topliss-reactive ketones (excluding diaryl/α,β-unsaturated/α-hetero) is 1. The number of benzene rings is 1. The first-order chi connectivity index (χ1) is 7.26. The fourth-order valence-electron chi connectivity index (χ4n) is 2.25. The summed E-state index contributed by atoms with van der Waals surface area (Å²) in [6.07, 6.45) is 2.72. The standard InChI is InChI=1S/C13H16O2/c1-3-9-7-11-10(12(14)8-9)5-4-6-13(11)15-2/h4-6,9H,3,7-8H2,1-2H3/t9-/m0/s1. The largest absolute Gasteiger partial charge is 0.496 e. The first-order valence-corrected chi connectivity index (χ1v) is 5.45. The Bertz CT molecular complexity index is 382. The zero-order valence-electron chi connectivity index (χ0n) is 9.25. The second-order valence-electron chi connectivity index (χ2n) is 4.09. The van der Waals surface area contributed by atoms with Crippen LogP contribution >= 0.6 is 0 Å². The molecule has 0 unspecified atom stereocenters. The Balaban J connectivity index is 2.45. The molecular weight excluding hydrogens is 188 g/mol. The van der Waals surface area contributed by atoms with Gasteiger partial charge in [-0.05, 0) is 18.4 Å². The van der Waals surface area contributed by atoms with Crippen molar-refractivity contribution in [2.45, 2.75) is 26.2 Å². The molecule has 0 saturated carbocycles. The summed E-state index contributed by atoms with van der Waals surface area (Å²) in [4.78, 5) is 11.9. The fraction of sp³-hybridized carbons (Fsp3) is 0.462. The number of fused-ring (bicyclic) bond motifs is 1. The Morgan fingerprint density at radius 1 is 1.40 bits per heavy atom. The minimum Gasteiger partial charge on any atom is -0.496 e. The highest BCUT2D eigenvalue weighted by atomic mass is 16.5. The number of ether oxygens (including phenoxy) is 1. The molecule has 2 rings (SSSR count). The van der Waals surface area contributed by atoms with Gasteiger partial charge in [-0.3, -0.25) is 4.79 Å². The average Bonchev–Trinajstić information content (AvgIpc) is 2.28. The van der Waals surface area contributed by atoms with E-state index in [9.17, 15) is 4.79 Å². The lowest BCUT2D eigenvalue weighted by Gasteiger charge is -2.24. The van der Waals surface area contributed by atoms with Crippen LogP contribution in [0.4, 0.5) is 0 Å². The number of rotatable bonds is 2. The van der Waals surface area contributed by atoms with Crippen LogP contribution in [0.25, 0.3) is 0 Å². The van der Waals surface area contributed by atoms with Gasteiger partial charge in [0.15, 0.2) is 5.78 Å². The van der Waals surface area contributed by atoms with Crippen LogP contribution in [-0.4, -0.2) is 12.9 Å². The van der Waals surface area contributed by atoms with Crippen molar-refractivity contribution < 1.29 is 9.53 Å². The maximum Gasteiger partial charge on any atom is 0.163 e. The predicted octanol–water partition coefficient (Wildman–Crippen LogP) is 2.85. The number of carbonyl (C=O) groups excluding carboxylic acids is 1. The summed E-state index contributed by atoms with van der Waals surface area (Å²) in [7, 11) is 1.66. The maximum absolute atomic E-state index is 11.9. The van der Waals surface area contributed by atoms with Crippen LogP contribution in [0.15, 0.2) is 18.2 Å². The first-order valence-electron chi connectivity index (χ1n) is 5.45. The highest BCUT2D eigenvalue weighted by molar-refractivity contribution is 5.99. The maximum atomic E-state index is 11.9. The second kappa shape index (κ2) is 4.05. The van der Waals surface area contributed by atoms with Gasteiger partial charge in [-0.2, -0.15) is 0 Å². The van der Waals surface area contributed by atoms with Crippen LogP contribution in [0.5, 0.6) is 5.75 Å². The highest BCUT2D eigenvalue weighted by Gasteiger charge is 2.25. The van der Waals surface area contributed by atoms with Gasteiger partial charge in [0.1, 0.15) is 5.75 Å². The molecule has 80 valence electrons. The third-order valence-corrected chi connectivity index (χ3v) is 3.20. The zero-order chi connectivity index (χ0) is 10.8. The molecule has 0 N–H and O–H groups in total. The molecule has 1 aliphatic rings. The number of methoxy groups -OCH3 is 1. The minimum absolute atomic E-state index is 0.266. The minimum atomic E-state index is 0.266. The SMILES string of the molecule is CC[C@@H]1CC(=O)c2cccc(OC)c2C1. The van der Waals surface area contributed by atoms with Crippen LogP contribution in [0.1, 0.15) is 35.7 Å². The normalized spacial score (nSPS) is 19.9. The molecule has 0 saturated heterocycles. The van der Waals surface area contributed by atoms with Crippen LogP contribution in [0.2, 0.25) is 0 Å². The molecule has 15 heavy (non-hydrogen) atoms. The summed E-state index contributed by atoms with van der Waals surface area (Å²) in [6, 6.07) is 5.73. The molecule has 1 atom stereocenters. The average molecular weight is 204 g/mol. The van der Waals surface area contributed by atoms with Crippen molar-refractivity contribution in [1.29, 1.82) is 0 Å². The van der Waals surface area contributed by atoms with Crippen molar-refractivity contribution in [3.63, 3.8) is 0 Å². The highest BCUT2D eigenvalue weighted by Crippen LogP contribution is 2.33. The summed E-state index contributed by atoms with van der Waals surface area (Å²) in [5.74, 6) is 1.61. The smallest absolute Gasteiger partial charge is 0.163 e. The summed E-state index contributed by atoms with van der Waals surface area (Å²) < 4.78 is 5.30. The Hall–Kier alpha value is -1.31. The van der Waals surface area contributed by atoms with Gasteiger partial charge in [-0.1, -0.05) is 25.5 Å². The number of hydrogen-bond donors (Lipinski definition) is 0. The molecule has 0 bridgehead atoms. The summed E-state index contributed by atoms with van der Waals surface area (Å²) in [6.45, 7) is 2.14. The molecule has 2 heteroatoms. The Labute approximate surface area is 90.3 Å². The number of ketones is 1. The van der Waals surface area contributed by atoms with E-state index in [1.807, 2.05) is 18.2 Å². The summed E-state index contributed by atoms with van der Waals surface area (Å²) in [5.41, 5.74) is 1.96. The third-order valence-electron chi connectivity index (χ3n) is 3.20. The van der Waals surface area contributed by atoms with Crippen molar-refractivity contribution >= 4 is 5.78 Å². The lowest BCUT2D eigenvalue weighted by molar-refractivity contribution is 0.0946. The van der Waals surface area contributed by atoms with E-state index in [2.05, 4.69) is 6.92 Å². The number of carbonyl (C=O) groups is 1. The van der Waals surface area contributed by atoms with Gasteiger partial charge in [0.25, 0.3) is 0 Å². The fourth-order valence-corrected chi connectivity index (χ4v) is 2.25. The molecule has 0 aliphatic heterocycles. The van der Waals surface area contributed by atoms with Gasteiger partial charge in [0, 0.05) is 17.5 Å². The molecule has 1 aliphatic carbocycles. The second-order valence-corrected chi connectivity index (χ2v) is 4.09. The molecule has 0 spiro atoms. The van der Waals surface area contributed by atoms with E-state index in [0.717, 1.165) is 29.7 Å². The van der Waals surface area contributed by atoms with Gasteiger partial charge in [0.2, 0.25) is 0 Å². The van der Waals surface area contributed by atoms with E-state index in [-0.39, 0.29) is 5.78 Å². The quantitative estimate of drug-likeness (QED) is 0.740. The molecular formula is C13H16O2. The molecule has 0 fully saturated rings. The van der Waals surface area contributed by atoms with Crippen molar-refractivity contribution in [3.05, 3.63) is 29.3 Å². The van der Waals surface area contributed by atoms with Crippen molar-refractivity contribution in [2.75, 3.05) is 7.11 Å². The Morgan fingerprint density at radius 3 is 2.87 bits per heavy atom. The number of hydrogen-bond acceptors (Lipinski definition) is 2. The molecule has 0 radical (unpaired) electrons. The van der Waals surface area contributed by atoms with Crippen molar-refractivity contribution in [1.82, 2.24) is 0 Å². The molecule has 0 heterocycles. The zero-order valence-corrected chi connectivity index (χ0v) is 9.25. The lowest BCUT2D eigenvalue weighted by atomic mass is 9.81. The van der Waals surface area contributed by atoms with Gasteiger partial charge < -0.3 is 4.74 Å². The summed E-state index contributed by atoms with van der Waals surface area (Å²) >= 11 is 0. The van der Waals surface area contributed by atoms with Crippen LogP contribution in [-0.2, 0) is 6.42 Å². The van der Waals surface area contributed by atoms with Gasteiger partial charge in [-0.15, -0.1) is 0 Å². The van der Waals surface area contributed by atoms with E-state index >= 15 is 0 Å². The molecule has 0 aromatic heterocycles. The van der Waals surface area contributed by atoms with Gasteiger partial charge in [0.05, 0.1) is 7.11 Å². The van der Waals surface area contributed by atoms with Crippen LogP contribution < -0.4 is 4.74 Å². The van der Waals surface area contributed by atoms with E-state index in [1.54, 1.807) is 7.11 Å². The molecule has 1 aromatic carbocycles. The third kappa shape index (κ3) is 1.76. The van der Waals surface area contributed by atoms with E-state index < -0.39 is 0 Å². The van der Waals surface area contributed by atoms with E-state index in [0.29, 0.717) is 12.3 Å². The van der Waals surface area contributed by atoms with E-state index in [1.165, 1.54) is 0 Å². The monoisotopic (exact) mass is 204 g/mol. The molecule has 0 amide bonds. The predicted molar refractivity (Wildman–Crippen MR) is 59.4 cm³/mol. The van der Waals surface area contributed by atoms with Crippen LogP contribution in [0.3, 0.4) is 0 Å². The lowest BCUT2D eigenvalue weighted by Crippen LogP contribution is -2.20. The molecule has 1 aromatic rings. The Morgan fingerprint density at radius 2 is 2.20 bits per heavy atom. The Kier molecular flexibility index (Phi) is 2.76.